The largest absolute Gasteiger partial charge is 0.466 e. The number of rotatable bonds is 4. The van der Waals surface area contributed by atoms with Crippen LogP contribution in [-0.2, 0) is 9.53 Å². The van der Waals surface area contributed by atoms with Gasteiger partial charge in [-0.05, 0) is 45.4 Å². The highest BCUT2D eigenvalue weighted by molar-refractivity contribution is 5.74. The highest BCUT2D eigenvalue weighted by Crippen LogP contribution is 2.32. The van der Waals surface area contributed by atoms with E-state index in [1.54, 1.807) is 0 Å². The zero-order chi connectivity index (χ0) is 15.2. The molecule has 0 heterocycles. The van der Waals surface area contributed by atoms with Crippen molar-refractivity contribution in [3.05, 3.63) is 0 Å². The van der Waals surface area contributed by atoms with Crippen LogP contribution in [0.3, 0.4) is 0 Å². The van der Waals surface area contributed by atoms with Crippen LogP contribution in [0.5, 0.6) is 0 Å². The van der Waals surface area contributed by atoms with Crippen molar-refractivity contribution in [2.45, 2.75) is 76.8 Å². The number of amides is 2. The number of hydrogen-bond acceptors (Lipinski definition) is 3. The summed E-state index contributed by atoms with van der Waals surface area (Å²) in [5.74, 6) is -0.0819. The van der Waals surface area contributed by atoms with Crippen LogP contribution in [0.15, 0.2) is 0 Å². The first kappa shape index (κ1) is 16.1. The molecule has 2 rings (SSSR count). The van der Waals surface area contributed by atoms with Gasteiger partial charge in [-0.25, -0.2) is 4.79 Å². The molecule has 2 aliphatic carbocycles. The lowest BCUT2D eigenvalue weighted by atomic mass is 9.83. The van der Waals surface area contributed by atoms with Crippen LogP contribution in [0.25, 0.3) is 0 Å². The molecular formula is C16H28N2O3. The molecular weight excluding hydrogens is 268 g/mol. The number of primary amides is 1. The number of urea groups is 1. The predicted molar refractivity (Wildman–Crippen MR) is 80.7 cm³/mol. The molecule has 2 amide bonds. The Balaban J connectivity index is 1.91. The molecule has 2 N–H and O–H groups in total. The Hall–Kier alpha value is -1.26. The molecule has 21 heavy (non-hydrogen) atoms. The minimum Gasteiger partial charge on any atom is -0.466 e. The minimum atomic E-state index is -0.290. The van der Waals surface area contributed by atoms with Gasteiger partial charge in [0.1, 0.15) is 0 Å². The molecule has 5 nitrogen and oxygen atoms in total. The van der Waals surface area contributed by atoms with Crippen molar-refractivity contribution in [3.8, 4) is 0 Å². The Kier molecular flexibility index (Phi) is 5.88. The molecule has 2 aliphatic rings. The Bertz CT molecular complexity index is 359. The molecule has 0 bridgehead atoms. The summed E-state index contributed by atoms with van der Waals surface area (Å²) in [6, 6.07) is 0.221. The maximum atomic E-state index is 11.9. The Labute approximate surface area is 127 Å². The molecule has 120 valence electrons. The Morgan fingerprint density at radius 1 is 1.00 bits per heavy atom. The molecule has 2 fully saturated rings. The van der Waals surface area contributed by atoms with Gasteiger partial charge in [0.25, 0.3) is 0 Å². The Morgan fingerprint density at radius 2 is 1.57 bits per heavy atom. The van der Waals surface area contributed by atoms with Crippen LogP contribution in [0.1, 0.15) is 64.7 Å². The third kappa shape index (κ3) is 4.11. The zero-order valence-electron chi connectivity index (χ0n) is 13.1. The second-order valence-corrected chi connectivity index (χ2v) is 6.29. The number of carbonyl (C=O) groups is 2. The van der Waals surface area contributed by atoms with Gasteiger partial charge in [0.15, 0.2) is 0 Å². The van der Waals surface area contributed by atoms with Gasteiger partial charge < -0.3 is 15.4 Å². The molecule has 0 aromatic carbocycles. The summed E-state index contributed by atoms with van der Waals surface area (Å²) in [7, 11) is 0. The highest BCUT2D eigenvalue weighted by atomic mass is 16.5. The summed E-state index contributed by atoms with van der Waals surface area (Å²) in [6.07, 6.45) is 9.12. The quantitative estimate of drug-likeness (QED) is 0.811. The van der Waals surface area contributed by atoms with Crippen molar-refractivity contribution in [1.29, 1.82) is 0 Å². The molecule has 0 saturated heterocycles. The van der Waals surface area contributed by atoms with Crippen molar-refractivity contribution in [1.82, 2.24) is 4.90 Å². The number of ether oxygens (including phenoxy) is 1. The minimum absolute atomic E-state index is 0.00211. The lowest BCUT2D eigenvalue weighted by Gasteiger charge is -2.41. The second kappa shape index (κ2) is 7.66. The van der Waals surface area contributed by atoms with Crippen molar-refractivity contribution in [2.24, 2.45) is 11.7 Å². The van der Waals surface area contributed by atoms with Crippen LogP contribution < -0.4 is 5.73 Å². The van der Waals surface area contributed by atoms with E-state index in [-0.39, 0.29) is 24.0 Å². The first-order chi connectivity index (χ1) is 10.1. The summed E-state index contributed by atoms with van der Waals surface area (Å²) >= 11 is 0. The topological polar surface area (TPSA) is 72.6 Å². The third-order valence-corrected chi connectivity index (χ3v) is 4.93. The lowest BCUT2D eigenvalue weighted by molar-refractivity contribution is -0.149. The number of carbonyl (C=O) groups excluding carboxylic acids is 2. The van der Waals surface area contributed by atoms with Crippen molar-refractivity contribution in [3.63, 3.8) is 0 Å². The van der Waals surface area contributed by atoms with E-state index in [0.29, 0.717) is 12.6 Å². The summed E-state index contributed by atoms with van der Waals surface area (Å²) < 4.78 is 5.10. The van der Waals surface area contributed by atoms with E-state index in [9.17, 15) is 9.59 Å². The summed E-state index contributed by atoms with van der Waals surface area (Å²) in [6.45, 7) is 2.27. The molecule has 2 saturated carbocycles. The van der Waals surface area contributed by atoms with Gasteiger partial charge in [0, 0.05) is 12.1 Å². The van der Waals surface area contributed by atoms with Crippen molar-refractivity contribution >= 4 is 12.0 Å². The maximum Gasteiger partial charge on any atom is 0.315 e. The fraction of sp³-hybridized carbons (Fsp3) is 0.875. The van der Waals surface area contributed by atoms with Gasteiger partial charge in [0.2, 0.25) is 0 Å². The molecule has 0 aromatic rings. The van der Waals surface area contributed by atoms with Crippen molar-refractivity contribution in [2.75, 3.05) is 6.61 Å². The monoisotopic (exact) mass is 296 g/mol. The van der Waals surface area contributed by atoms with E-state index < -0.39 is 0 Å². The molecule has 5 heteroatoms. The molecule has 0 unspecified atom stereocenters. The van der Waals surface area contributed by atoms with Gasteiger partial charge in [-0.1, -0.05) is 19.3 Å². The maximum absolute atomic E-state index is 11.9. The van der Waals surface area contributed by atoms with E-state index in [4.69, 9.17) is 10.5 Å². The fourth-order valence-electron chi connectivity index (χ4n) is 3.87. The number of nitrogens with two attached hydrogens (primary N) is 1. The van der Waals surface area contributed by atoms with Gasteiger partial charge >= 0.3 is 12.0 Å². The van der Waals surface area contributed by atoms with Crippen LogP contribution >= 0.6 is 0 Å². The first-order valence-corrected chi connectivity index (χ1v) is 8.37. The highest BCUT2D eigenvalue weighted by Gasteiger charge is 2.35. The zero-order valence-corrected chi connectivity index (χ0v) is 13.1. The average molecular weight is 296 g/mol. The summed E-state index contributed by atoms with van der Waals surface area (Å²) in [5, 5.41) is 0. The first-order valence-electron chi connectivity index (χ1n) is 8.37. The molecule has 0 radical (unpaired) electrons. The molecule has 0 aliphatic heterocycles. The third-order valence-electron chi connectivity index (χ3n) is 4.93. The summed E-state index contributed by atoms with van der Waals surface area (Å²) in [4.78, 5) is 25.6. The number of esters is 1. The normalized spacial score (nSPS) is 27.1. The van der Waals surface area contributed by atoms with Gasteiger partial charge in [-0.15, -0.1) is 0 Å². The second-order valence-electron chi connectivity index (χ2n) is 6.29. The van der Waals surface area contributed by atoms with Gasteiger partial charge in [0.05, 0.1) is 12.5 Å². The summed E-state index contributed by atoms with van der Waals surface area (Å²) in [5.41, 5.74) is 5.64. The smallest absolute Gasteiger partial charge is 0.315 e. The van der Waals surface area contributed by atoms with Crippen LogP contribution in [0.4, 0.5) is 4.79 Å². The number of hydrogen-bond donors (Lipinski definition) is 1. The molecule has 0 atom stereocenters. The van der Waals surface area contributed by atoms with Crippen LogP contribution in [0, 0.1) is 5.92 Å². The van der Waals surface area contributed by atoms with E-state index in [1.165, 1.54) is 19.3 Å². The molecule has 0 spiro atoms. The van der Waals surface area contributed by atoms with E-state index >= 15 is 0 Å². The van der Waals surface area contributed by atoms with E-state index in [2.05, 4.69) is 0 Å². The van der Waals surface area contributed by atoms with Crippen molar-refractivity contribution < 1.29 is 14.3 Å². The molecule has 0 aromatic heterocycles. The average Bonchev–Trinajstić information content (AvgIpc) is 2.49. The van der Waals surface area contributed by atoms with Crippen LogP contribution in [-0.4, -0.2) is 35.6 Å². The van der Waals surface area contributed by atoms with E-state index in [0.717, 1.165) is 38.5 Å². The van der Waals surface area contributed by atoms with Crippen LogP contribution in [0.2, 0.25) is 0 Å². The number of nitrogens with zero attached hydrogens (tertiary/aromatic N) is 1. The lowest BCUT2D eigenvalue weighted by Crippen LogP contribution is -2.51. The van der Waals surface area contributed by atoms with Gasteiger partial charge in [-0.2, -0.15) is 0 Å². The predicted octanol–water partition coefficient (Wildman–Crippen LogP) is 2.82. The fourth-order valence-corrected chi connectivity index (χ4v) is 3.87. The SMILES string of the molecule is CCOC(=O)C1CCC(N(C(N)=O)C2CCCCC2)CC1. The van der Waals surface area contributed by atoms with E-state index in [1.807, 2.05) is 11.8 Å². The van der Waals surface area contributed by atoms with Gasteiger partial charge in [-0.3, -0.25) is 4.79 Å². The standard InChI is InChI=1S/C16H28N2O3/c1-2-21-15(19)12-8-10-14(11-9-12)18(16(17)20)13-6-4-3-5-7-13/h12-14H,2-11H2,1H3,(H2,17,20). The Morgan fingerprint density at radius 3 is 2.10 bits per heavy atom.